The number of nitrogens with one attached hydrogen (secondary N) is 2. The Balaban J connectivity index is 2.14. The average molecular weight is 276 g/mol. The highest BCUT2D eigenvalue weighted by atomic mass is 16.5. The van der Waals surface area contributed by atoms with Crippen molar-refractivity contribution >= 4 is 11.6 Å². The first kappa shape index (κ1) is 14.9. The molecule has 1 aliphatic heterocycles. The zero-order chi connectivity index (χ0) is 14.6. The third-order valence-corrected chi connectivity index (χ3v) is 4.31. The maximum absolute atomic E-state index is 12.6. The van der Waals surface area contributed by atoms with Crippen LogP contribution in [0.3, 0.4) is 0 Å². The lowest BCUT2D eigenvalue weighted by Crippen LogP contribution is -2.47. The molecule has 0 radical (unpaired) electrons. The Morgan fingerprint density at radius 2 is 2.30 bits per heavy atom. The maximum Gasteiger partial charge on any atom is 0.231 e. The van der Waals surface area contributed by atoms with E-state index >= 15 is 0 Å². The first-order valence-corrected chi connectivity index (χ1v) is 7.28. The van der Waals surface area contributed by atoms with Gasteiger partial charge in [0, 0.05) is 12.2 Å². The molecule has 20 heavy (non-hydrogen) atoms. The molecule has 0 saturated carbocycles. The molecule has 110 valence electrons. The lowest BCUT2D eigenvalue weighted by atomic mass is 9.77. The van der Waals surface area contributed by atoms with Crippen LogP contribution in [0.4, 0.5) is 5.69 Å². The van der Waals surface area contributed by atoms with Crippen LogP contribution >= 0.6 is 0 Å². The summed E-state index contributed by atoms with van der Waals surface area (Å²) in [4.78, 5) is 12.6. The van der Waals surface area contributed by atoms with E-state index in [-0.39, 0.29) is 11.3 Å². The van der Waals surface area contributed by atoms with Crippen molar-refractivity contribution in [1.82, 2.24) is 5.32 Å². The second-order valence-electron chi connectivity index (χ2n) is 5.55. The Morgan fingerprint density at radius 1 is 1.50 bits per heavy atom. The van der Waals surface area contributed by atoms with Crippen molar-refractivity contribution in [2.45, 2.75) is 33.1 Å². The molecule has 1 saturated heterocycles. The lowest BCUT2D eigenvalue weighted by Gasteiger charge is -2.35. The minimum absolute atomic E-state index is 0.125. The highest BCUT2D eigenvalue weighted by Crippen LogP contribution is 2.32. The zero-order valence-corrected chi connectivity index (χ0v) is 12.6. The van der Waals surface area contributed by atoms with Crippen LogP contribution in [0.1, 0.15) is 31.7 Å². The Labute approximate surface area is 120 Å². The number of carbonyl (C=O) groups excluding carboxylic acids is 1. The van der Waals surface area contributed by atoms with Crippen molar-refractivity contribution in [3.8, 4) is 5.75 Å². The minimum Gasteiger partial charge on any atom is -0.497 e. The van der Waals surface area contributed by atoms with Gasteiger partial charge in [0.15, 0.2) is 0 Å². The topological polar surface area (TPSA) is 50.4 Å². The smallest absolute Gasteiger partial charge is 0.231 e. The summed E-state index contributed by atoms with van der Waals surface area (Å²) >= 11 is 0. The number of carbonyl (C=O) groups is 1. The second-order valence-corrected chi connectivity index (χ2v) is 5.55. The van der Waals surface area contributed by atoms with Crippen molar-refractivity contribution in [3.05, 3.63) is 23.8 Å². The van der Waals surface area contributed by atoms with Gasteiger partial charge >= 0.3 is 0 Å². The summed E-state index contributed by atoms with van der Waals surface area (Å²) in [5.41, 5.74) is 1.62. The van der Waals surface area contributed by atoms with Crippen molar-refractivity contribution in [1.29, 1.82) is 0 Å². The Kier molecular flexibility index (Phi) is 4.65. The van der Waals surface area contributed by atoms with Gasteiger partial charge in [-0.25, -0.2) is 0 Å². The molecule has 1 fully saturated rings. The summed E-state index contributed by atoms with van der Waals surface area (Å²) in [5.74, 6) is 0.936. The first-order chi connectivity index (χ1) is 9.61. The second kappa shape index (κ2) is 6.27. The molecule has 0 aromatic heterocycles. The highest BCUT2D eigenvalue weighted by Gasteiger charge is 2.37. The number of aryl methyl sites for hydroxylation is 1. The molecular weight excluding hydrogens is 252 g/mol. The van der Waals surface area contributed by atoms with Crippen LogP contribution in [0, 0.1) is 12.3 Å². The molecule has 1 unspecified atom stereocenters. The van der Waals surface area contributed by atoms with Crippen LogP contribution in [0.5, 0.6) is 5.75 Å². The molecule has 0 spiro atoms. The van der Waals surface area contributed by atoms with Gasteiger partial charge in [0.25, 0.3) is 0 Å². The number of piperidine rings is 1. The van der Waals surface area contributed by atoms with Crippen molar-refractivity contribution in [2.24, 2.45) is 5.41 Å². The van der Waals surface area contributed by atoms with Gasteiger partial charge in [-0.05, 0) is 56.5 Å². The number of rotatable bonds is 4. The van der Waals surface area contributed by atoms with Gasteiger partial charge in [-0.2, -0.15) is 0 Å². The Bertz CT molecular complexity index is 479. The summed E-state index contributed by atoms with van der Waals surface area (Å²) in [7, 11) is 1.65. The zero-order valence-electron chi connectivity index (χ0n) is 12.6. The molecule has 1 aromatic carbocycles. The predicted octanol–water partition coefficient (Wildman–Crippen LogP) is 2.72. The normalized spacial score (nSPS) is 22.4. The summed E-state index contributed by atoms with van der Waals surface area (Å²) < 4.78 is 5.19. The summed E-state index contributed by atoms with van der Waals surface area (Å²) in [6.07, 6.45) is 2.88. The number of amides is 1. The van der Waals surface area contributed by atoms with Gasteiger partial charge in [0.1, 0.15) is 5.75 Å². The first-order valence-electron chi connectivity index (χ1n) is 7.28. The fraction of sp³-hybridized carbons (Fsp3) is 0.562. The summed E-state index contributed by atoms with van der Waals surface area (Å²) in [6, 6.07) is 5.72. The molecule has 4 nitrogen and oxygen atoms in total. The van der Waals surface area contributed by atoms with Gasteiger partial charge < -0.3 is 15.4 Å². The molecule has 0 aliphatic carbocycles. The number of methoxy groups -OCH3 is 1. The van der Waals surface area contributed by atoms with Crippen LogP contribution < -0.4 is 15.4 Å². The Hall–Kier alpha value is -1.55. The average Bonchev–Trinajstić information content (AvgIpc) is 2.49. The van der Waals surface area contributed by atoms with Crippen LogP contribution in [-0.2, 0) is 4.79 Å². The van der Waals surface area contributed by atoms with E-state index in [1.807, 2.05) is 25.1 Å². The molecular formula is C16H24N2O2. The van der Waals surface area contributed by atoms with E-state index < -0.39 is 0 Å². The summed E-state index contributed by atoms with van der Waals surface area (Å²) in [6.45, 7) is 5.85. The monoisotopic (exact) mass is 276 g/mol. The van der Waals surface area contributed by atoms with Crippen molar-refractivity contribution in [3.63, 3.8) is 0 Å². The van der Waals surface area contributed by atoms with E-state index in [0.29, 0.717) is 0 Å². The summed E-state index contributed by atoms with van der Waals surface area (Å²) in [5, 5.41) is 6.43. The number of hydrogen-bond donors (Lipinski definition) is 2. The molecule has 2 N–H and O–H groups in total. The standard InChI is InChI=1S/C16H24N2O2/c1-4-16(8-5-9-17-11-16)15(19)18-14-7-6-13(20-3)10-12(14)2/h6-7,10,17H,4-5,8-9,11H2,1-3H3,(H,18,19). The van der Waals surface area contributed by atoms with E-state index in [9.17, 15) is 4.79 Å². The van der Waals surface area contributed by atoms with Gasteiger partial charge in [-0.1, -0.05) is 6.92 Å². The molecule has 0 bridgehead atoms. The van der Waals surface area contributed by atoms with Crippen molar-refractivity contribution < 1.29 is 9.53 Å². The molecule has 1 aliphatic rings. The van der Waals surface area contributed by atoms with Crippen LogP contribution in [0.15, 0.2) is 18.2 Å². The number of benzene rings is 1. The van der Waals surface area contributed by atoms with Crippen LogP contribution in [-0.4, -0.2) is 26.1 Å². The van der Waals surface area contributed by atoms with Crippen LogP contribution in [0.25, 0.3) is 0 Å². The fourth-order valence-corrected chi connectivity index (χ4v) is 2.78. The highest BCUT2D eigenvalue weighted by molar-refractivity contribution is 5.96. The molecule has 1 atom stereocenters. The van der Waals surface area contributed by atoms with Gasteiger partial charge in [-0.3, -0.25) is 4.79 Å². The lowest BCUT2D eigenvalue weighted by molar-refractivity contribution is -0.126. The predicted molar refractivity (Wildman–Crippen MR) is 81.2 cm³/mol. The fourth-order valence-electron chi connectivity index (χ4n) is 2.78. The third kappa shape index (κ3) is 2.96. The quantitative estimate of drug-likeness (QED) is 0.889. The van der Waals surface area contributed by atoms with Gasteiger partial charge in [0.2, 0.25) is 5.91 Å². The van der Waals surface area contributed by atoms with E-state index in [1.54, 1.807) is 7.11 Å². The molecule has 1 heterocycles. The SMILES string of the molecule is CCC1(C(=O)Nc2ccc(OC)cc2C)CCCNC1. The third-order valence-electron chi connectivity index (χ3n) is 4.31. The van der Waals surface area contributed by atoms with Crippen LogP contribution in [0.2, 0.25) is 0 Å². The minimum atomic E-state index is -0.273. The van der Waals surface area contributed by atoms with E-state index in [4.69, 9.17) is 4.74 Å². The number of ether oxygens (including phenoxy) is 1. The molecule has 4 heteroatoms. The van der Waals surface area contributed by atoms with Crippen molar-refractivity contribution in [2.75, 3.05) is 25.5 Å². The van der Waals surface area contributed by atoms with Gasteiger partial charge in [0.05, 0.1) is 12.5 Å². The molecule has 1 amide bonds. The molecule has 1 aromatic rings. The maximum atomic E-state index is 12.6. The number of anilines is 1. The van der Waals surface area contributed by atoms with E-state index in [1.165, 1.54) is 0 Å². The number of hydrogen-bond acceptors (Lipinski definition) is 3. The van der Waals surface area contributed by atoms with Gasteiger partial charge in [-0.15, -0.1) is 0 Å². The van der Waals surface area contributed by atoms with E-state index in [2.05, 4.69) is 17.6 Å². The largest absolute Gasteiger partial charge is 0.497 e. The molecule has 2 rings (SSSR count). The Morgan fingerprint density at radius 3 is 2.85 bits per heavy atom. The van der Waals surface area contributed by atoms with E-state index in [0.717, 1.165) is 49.4 Å².